The molecule has 0 unspecified atom stereocenters. The molecule has 1 nitrogen and oxygen atoms in total. The molecule has 3 rings (SSSR count). The first-order valence-corrected chi connectivity index (χ1v) is 12.4. The normalized spacial score (nSPS) is 11.0. The molecule has 0 N–H and O–H groups in total. The van der Waals surface area contributed by atoms with Crippen molar-refractivity contribution in [1.82, 2.24) is 4.98 Å². The zero-order chi connectivity index (χ0) is 21.7. The second-order valence-electron chi connectivity index (χ2n) is 8.83. The second kappa shape index (κ2) is 13.1. The van der Waals surface area contributed by atoms with E-state index in [1.807, 2.05) is 0 Å². The lowest BCUT2D eigenvalue weighted by atomic mass is 10.0. The number of aryl methyl sites for hydroxylation is 4. The molecule has 0 spiro atoms. The molecule has 2 aromatic carbocycles. The van der Waals surface area contributed by atoms with Gasteiger partial charge in [-0.15, -0.1) is 0 Å². The van der Waals surface area contributed by atoms with Crippen LogP contribution in [0.1, 0.15) is 81.0 Å². The molecule has 0 fully saturated rings. The van der Waals surface area contributed by atoms with Gasteiger partial charge in [-0.1, -0.05) is 107 Å². The highest BCUT2D eigenvalue weighted by molar-refractivity contribution is 5.59. The Bertz CT molecular complexity index is 860. The van der Waals surface area contributed by atoms with E-state index in [0.29, 0.717) is 0 Å². The van der Waals surface area contributed by atoms with Crippen LogP contribution in [-0.4, -0.2) is 4.98 Å². The van der Waals surface area contributed by atoms with Crippen LogP contribution in [0.2, 0.25) is 0 Å². The van der Waals surface area contributed by atoms with Crippen molar-refractivity contribution in [2.45, 2.75) is 84.5 Å². The maximum Gasteiger partial charge on any atom is 0.0702 e. The Kier molecular flexibility index (Phi) is 9.83. The topological polar surface area (TPSA) is 12.9 Å². The molecular formula is C30H39N. The van der Waals surface area contributed by atoms with Gasteiger partial charge in [-0.25, -0.2) is 0 Å². The predicted octanol–water partition coefficient (Wildman–Crippen LogP) is 8.39. The molecule has 0 radical (unpaired) electrons. The van der Waals surface area contributed by atoms with Crippen LogP contribution >= 0.6 is 0 Å². The average molecular weight is 414 g/mol. The summed E-state index contributed by atoms with van der Waals surface area (Å²) in [7, 11) is 0. The van der Waals surface area contributed by atoms with E-state index in [4.69, 9.17) is 4.98 Å². The third-order valence-electron chi connectivity index (χ3n) is 6.16. The zero-order valence-electron chi connectivity index (χ0n) is 19.6. The maximum atomic E-state index is 4.72. The molecule has 0 aliphatic rings. The second-order valence-corrected chi connectivity index (χ2v) is 8.83. The van der Waals surface area contributed by atoms with Crippen molar-refractivity contribution < 1.29 is 0 Å². The van der Waals surface area contributed by atoms with Gasteiger partial charge >= 0.3 is 0 Å². The lowest BCUT2D eigenvalue weighted by Gasteiger charge is -2.07. The van der Waals surface area contributed by atoms with Crippen LogP contribution in [0.4, 0.5) is 0 Å². The monoisotopic (exact) mass is 413 g/mol. The Morgan fingerprint density at radius 2 is 1.03 bits per heavy atom. The van der Waals surface area contributed by atoms with Gasteiger partial charge in [0, 0.05) is 11.8 Å². The molecule has 0 aliphatic carbocycles. The number of nitrogens with zero attached hydrogens (tertiary/aromatic N) is 1. The molecule has 0 bridgehead atoms. The van der Waals surface area contributed by atoms with Gasteiger partial charge in [0.15, 0.2) is 0 Å². The fourth-order valence-corrected chi connectivity index (χ4v) is 4.14. The van der Waals surface area contributed by atoms with E-state index >= 15 is 0 Å². The number of unbranched alkanes of at least 4 members (excludes halogenated alkanes) is 5. The fraction of sp³-hybridized carbons (Fsp3) is 0.433. The Morgan fingerprint density at radius 1 is 0.484 bits per heavy atom. The van der Waals surface area contributed by atoms with Gasteiger partial charge in [-0.2, -0.15) is 0 Å². The molecule has 31 heavy (non-hydrogen) atoms. The molecule has 1 heterocycles. The summed E-state index contributed by atoms with van der Waals surface area (Å²) in [6.07, 6.45) is 15.8. The van der Waals surface area contributed by atoms with Crippen LogP contribution in [0.3, 0.4) is 0 Å². The minimum atomic E-state index is 1.07. The summed E-state index contributed by atoms with van der Waals surface area (Å²) in [4.78, 5) is 4.72. The van der Waals surface area contributed by atoms with Gasteiger partial charge in [0.1, 0.15) is 0 Å². The Balaban J connectivity index is 1.45. The van der Waals surface area contributed by atoms with Crippen molar-refractivity contribution in [3.05, 3.63) is 89.1 Å². The van der Waals surface area contributed by atoms with E-state index in [2.05, 4.69) is 80.7 Å². The summed E-state index contributed by atoms with van der Waals surface area (Å²) >= 11 is 0. The number of rotatable bonds is 13. The number of hydrogen-bond donors (Lipinski definition) is 0. The Labute approximate surface area is 190 Å². The van der Waals surface area contributed by atoms with E-state index in [1.165, 1.54) is 79.2 Å². The predicted molar refractivity (Wildman–Crippen MR) is 135 cm³/mol. The number of aromatic nitrogens is 1. The van der Waals surface area contributed by atoms with Crippen LogP contribution in [0.25, 0.3) is 11.3 Å². The van der Waals surface area contributed by atoms with Gasteiger partial charge in [-0.3, -0.25) is 4.98 Å². The third-order valence-corrected chi connectivity index (χ3v) is 6.16. The van der Waals surface area contributed by atoms with Crippen LogP contribution in [0.15, 0.2) is 66.9 Å². The van der Waals surface area contributed by atoms with Crippen LogP contribution in [0, 0.1) is 0 Å². The Hall–Kier alpha value is -2.41. The highest BCUT2D eigenvalue weighted by Gasteiger charge is 2.02. The molecule has 1 aromatic heterocycles. The van der Waals surface area contributed by atoms with Crippen molar-refractivity contribution in [2.75, 3.05) is 0 Å². The smallest absolute Gasteiger partial charge is 0.0702 e. The van der Waals surface area contributed by atoms with Gasteiger partial charge < -0.3 is 0 Å². The molecule has 0 amide bonds. The van der Waals surface area contributed by atoms with Gasteiger partial charge in [0.25, 0.3) is 0 Å². The molecule has 0 saturated carbocycles. The standard InChI is InChI=1S/C30H39N/c1-3-5-6-7-8-9-11-28-20-23-30(31-24-28)29-21-18-27(19-22-29)17-16-26-14-12-25(10-4-2)13-15-26/h12-15,18-24H,3-11,16-17H2,1-2H3. The summed E-state index contributed by atoms with van der Waals surface area (Å²) in [5, 5.41) is 0. The van der Waals surface area contributed by atoms with Gasteiger partial charge in [0.2, 0.25) is 0 Å². The highest BCUT2D eigenvalue weighted by Crippen LogP contribution is 2.20. The number of benzene rings is 2. The lowest BCUT2D eigenvalue weighted by molar-refractivity contribution is 0.607. The van der Waals surface area contributed by atoms with Crippen LogP contribution < -0.4 is 0 Å². The summed E-state index contributed by atoms with van der Waals surface area (Å²) in [5.74, 6) is 0. The number of pyridine rings is 1. The molecule has 0 atom stereocenters. The first-order chi connectivity index (χ1) is 15.3. The molecule has 0 aliphatic heterocycles. The fourth-order valence-electron chi connectivity index (χ4n) is 4.14. The van der Waals surface area contributed by atoms with E-state index in [-0.39, 0.29) is 0 Å². The minimum absolute atomic E-state index is 1.07. The quantitative estimate of drug-likeness (QED) is 0.256. The van der Waals surface area contributed by atoms with E-state index < -0.39 is 0 Å². The van der Waals surface area contributed by atoms with Crippen molar-refractivity contribution in [3.8, 4) is 11.3 Å². The minimum Gasteiger partial charge on any atom is -0.256 e. The van der Waals surface area contributed by atoms with Gasteiger partial charge in [-0.05, 0) is 60.4 Å². The SMILES string of the molecule is CCCCCCCCc1ccc(-c2ccc(CCc3ccc(CCC)cc3)cc2)nc1. The largest absolute Gasteiger partial charge is 0.256 e. The first kappa shape index (κ1) is 23.3. The van der Waals surface area contributed by atoms with Crippen molar-refractivity contribution in [3.63, 3.8) is 0 Å². The first-order valence-electron chi connectivity index (χ1n) is 12.4. The van der Waals surface area contributed by atoms with E-state index in [0.717, 1.165) is 25.0 Å². The molecule has 3 aromatic rings. The van der Waals surface area contributed by atoms with Crippen LogP contribution in [-0.2, 0) is 25.7 Å². The highest BCUT2D eigenvalue weighted by atomic mass is 14.7. The summed E-state index contributed by atoms with van der Waals surface area (Å²) in [6.45, 7) is 4.51. The lowest BCUT2D eigenvalue weighted by Crippen LogP contribution is -1.93. The molecule has 0 saturated heterocycles. The maximum absolute atomic E-state index is 4.72. The molecule has 1 heteroatoms. The van der Waals surface area contributed by atoms with Gasteiger partial charge in [0.05, 0.1) is 5.69 Å². The van der Waals surface area contributed by atoms with E-state index in [1.54, 1.807) is 0 Å². The van der Waals surface area contributed by atoms with Crippen LogP contribution in [0.5, 0.6) is 0 Å². The van der Waals surface area contributed by atoms with E-state index in [9.17, 15) is 0 Å². The van der Waals surface area contributed by atoms with Crippen molar-refractivity contribution >= 4 is 0 Å². The van der Waals surface area contributed by atoms with Crippen molar-refractivity contribution in [2.24, 2.45) is 0 Å². The third kappa shape index (κ3) is 7.98. The average Bonchev–Trinajstić information content (AvgIpc) is 2.82. The molecule has 164 valence electrons. The summed E-state index contributed by atoms with van der Waals surface area (Å²) in [6, 6.07) is 22.5. The summed E-state index contributed by atoms with van der Waals surface area (Å²) in [5.41, 5.74) is 7.90. The zero-order valence-corrected chi connectivity index (χ0v) is 19.6. The Morgan fingerprint density at radius 3 is 1.61 bits per heavy atom. The number of hydrogen-bond acceptors (Lipinski definition) is 1. The molecular weight excluding hydrogens is 374 g/mol. The van der Waals surface area contributed by atoms with Crippen molar-refractivity contribution in [1.29, 1.82) is 0 Å². The summed E-state index contributed by atoms with van der Waals surface area (Å²) < 4.78 is 0.